The fraction of sp³-hybridized carbons (Fsp3) is 0.429. The fourth-order valence-corrected chi connectivity index (χ4v) is 1.44. The van der Waals surface area contributed by atoms with Gasteiger partial charge in [-0.05, 0) is 43.0 Å². The molecule has 1 aromatic carbocycles. The van der Waals surface area contributed by atoms with E-state index in [1.54, 1.807) is 6.07 Å². The number of hydrogen-bond acceptors (Lipinski definition) is 0. The van der Waals surface area contributed by atoms with Crippen LogP contribution < -0.4 is 0 Å². The van der Waals surface area contributed by atoms with E-state index in [9.17, 15) is 4.39 Å². The summed E-state index contributed by atoms with van der Waals surface area (Å²) in [6.07, 6.45) is 2.32. The van der Waals surface area contributed by atoms with Crippen LogP contribution in [0.1, 0.15) is 36.5 Å². The highest BCUT2D eigenvalue weighted by molar-refractivity contribution is 5.31. The number of rotatable bonds is 2. The number of benzene rings is 1. The standard InChI is InChI=1S/C14H17F/c1-4-5-6-7-8-13-9-11(2)12(3)10-14(13)15/h9-10H,4,7-8H2,1-3H3. The van der Waals surface area contributed by atoms with Gasteiger partial charge >= 0.3 is 0 Å². The van der Waals surface area contributed by atoms with E-state index in [0.717, 1.165) is 29.5 Å². The highest BCUT2D eigenvalue weighted by Crippen LogP contribution is 2.15. The van der Waals surface area contributed by atoms with Crippen LogP contribution in [0.4, 0.5) is 4.39 Å². The smallest absolute Gasteiger partial charge is 0.126 e. The van der Waals surface area contributed by atoms with Gasteiger partial charge < -0.3 is 0 Å². The molecule has 0 atom stereocenters. The Morgan fingerprint density at radius 1 is 1.13 bits per heavy atom. The van der Waals surface area contributed by atoms with E-state index < -0.39 is 0 Å². The largest absolute Gasteiger partial charge is 0.207 e. The minimum Gasteiger partial charge on any atom is -0.207 e. The Morgan fingerprint density at radius 3 is 2.47 bits per heavy atom. The van der Waals surface area contributed by atoms with Gasteiger partial charge in [0.25, 0.3) is 0 Å². The molecule has 0 amide bonds. The molecule has 0 heterocycles. The zero-order valence-electron chi connectivity index (χ0n) is 9.65. The summed E-state index contributed by atoms with van der Waals surface area (Å²) in [6.45, 7) is 5.96. The lowest BCUT2D eigenvalue weighted by molar-refractivity contribution is 0.608. The molecule has 0 aliphatic heterocycles. The van der Waals surface area contributed by atoms with Crippen molar-refractivity contribution in [1.82, 2.24) is 0 Å². The summed E-state index contributed by atoms with van der Waals surface area (Å²) >= 11 is 0. The normalized spacial score (nSPS) is 9.60. The third-order valence-electron chi connectivity index (χ3n) is 2.48. The summed E-state index contributed by atoms with van der Waals surface area (Å²) in [5.41, 5.74) is 2.94. The molecular weight excluding hydrogens is 187 g/mol. The second-order valence-electron chi connectivity index (χ2n) is 3.73. The molecular formula is C14H17F. The van der Waals surface area contributed by atoms with Gasteiger partial charge in [-0.15, -0.1) is 11.8 Å². The van der Waals surface area contributed by atoms with Crippen molar-refractivity contribution in [3.8, 4) is 11.8 Å². The summed E-state index contributed by atoms with van der Waals surface area (Å²) in [5, 5.41) is 0. The summed E-state index contributed by atoms with van der Waals surface area (Å²) in [5.74, 6) is 5.92. The average Bonchev–Trinajstić information content (AvgIpc) is 2.20. The Hall–Kier alpha value is -1.29. The predicted octanol–water partition coefficient (Wildman–Crippen LogP) is 3.79. The van der Waals surface area contributed by atoms with Crippen molar-refractivity contribution in [3.63, 3.8) is 0 Å². The van der Waals surface area contributed by atoms with Crippen molar-refractivity contribution in [1.29, 1.82) is 0 Å². The van der Waals surface area contributed by atoms with Crippen LogP contribution in [-0.2, 0) is 6.42 Å². The summed E-state index contributed by atoms with van der Waals surface area (Å²) in [7, 11) is 0. The van der Waals surface area contributed by atoms with Crippen molar-refractivity contribution in [2.45, 2.75) is 40.0 Å². The highest BCUT2D eigenvalue weighted by Gasteiger charge is 2.03. The van der Waals surface area contributed by atoms with Crippen LogP contribution >= 0.6 is 0 Å². The Morgan fingerprint density at radius 2 is 1.80 bits per heavy atom. The highest BCUT2D eigenvalue weighted by atomic mass is 19.1. The lowest BCUT2D eigenvalue weighted by Gasteiger charge is -2.05. The molecule has 0 N–H and O–H groups in total. The molecule has 15 heavy (non-hydrogen) atoms. The van der Waals surface area contributed by atoms with E-state index in [0.29, 0.717) is 6.42 Å². The molecule has 0 spiro atoms. The first-order valence-corrected chi connectivity index (χ1v) is 5.36. The molecule has 0 aliphatic rings. The van der Waals surface area contributed by atoms with Crippen LogP contribution in [0.15, 0.2) is 12.1 Å². The molecule has 80 valence electrons. The molecule has 0 saturated carbocycles. The van der Waals surface area contributed by atoms with Gasteiger partial charge in [0.05, 0.1) is 0 Å². The summed E-state index contributed by atoms with van der Waals surface area (Å²) in [6, 6.07) is 3.54. The van der Waals surface area contributed by atoms with Gasteiger partial charge in [0.1, 0.15) is 5.82 Å². The summed E-state index contributed by atoms with van der Waals surface area (Å²) < 4.78 is 13.5. The van der Waals surface area contributed by atoms with Crippen LogP contribution in [-0.4, -0.2) is 0 Å². The van der Waals surface area contributed by atoms with Gasteiger partial charge in [0.2, 0.25) is 0 Å². The van der Waals surface area contributed by atoms with Crippen LogP contribution in [0.3, 0.4) is 0 Å². The maximum absolute atomic E-state index is 13.5. The van der Waals surface area contributed by atoms with E-state index >= 15 is 0 Å². The maximum atomic E-state index is 13.5. The van der Waals surface area contributed by atoms with Gasteiger partial charge in [-0.2, -0.15) is 0 Å². The van der Waals surface area contributed by atoms with Crippen LogP contribution in [0.5, 0.6) is 0 Å². The first kappa shape index (κ1) is 11.8. The number of hydrogen-bond donors (Lipinski definition) is 0. The molecule has 1 aromatic rings. The minimum atomic E-state index is -0.101. The van der Waals surface area contributed by atoms with Crippen molar-refractivity contribution < 1.29 is 4.39 Å². The molecule has 0 fully saturated rings. The number of aryl methyl sites for hydroxylation is 3. The summed E-state index contributed by atoms with van der Waals surface area (Å²) in [4.78, 5) is 0. The molecule has 0 radical (unpaired) electrons. The lowest BCUT2D eigenvalue weighted by atomic mass is 10.0. The average molecular weight is 204 g/mol. The van der Waals surface area contributed by atoms with Crippen LogP contribution in [0, 0.1) is 31.5 Å². The molecule has 0 aromatic heterocycles. The van der Waals surface area contributed by atoms with E-state index in [1.165, 1.54) is 0 Å². The van der Waals surface area contributed by atoms with E-state index in [2.05, 4.69) is 11.8 Å². The molecule has 0 unspecified atom stereocenters. The van der Waals surface area contributed by atoms with Gasteiger partial charge in [0, 0.05) is 12.8 Å². The molecule has 0 aliphatic carbocycles. The molecule has 0 bridgehead atoms. The SMILES string of the molecule is CCC#CCCc1cc(C)c(C)cc1F. The van der Waals surface area contributed by atoms with Crippen molar-refractivity contribution in [2.24, 2.45) is 0 Å². The molecule has 1 heteroatoms. The van der Waals surface area contributed by atoms with Gasteiger partial charge in [-0.3, -0.25) is 0 Å². The van der Waals surface area contributed by atoms with E-state index in [-0.39, 0.29) is 5.82 Å². The third-order valence-corrected chi connectivity index (χ3v) is 2.48. The molecule has 0 nitrogen and oxygen atoms in total. The zero-order valence-corrected chi connectivity index (χ0v) is 9.65. The topological polar surface area (TPSA) is 0 Å². The molecule has 0 saturated heterocycles. The van der Waals surface area contributed by atoms with Crippen molar-refractivity contribution >= 4 is 0 Å². The first-order chi connectivity index (χ1) is 7.15. The quantitative estimate of drug-likeness (QED) is 0.643. The maximum Gasteiger partial charge on any atom is 0.126 e. The monoisotopic (exact) mass is 204 g/mol. The van der Waals surface area contributed by atoms with Gasteiger partial charge in [-0.1, -0.05) is 13.0 Å². The second kappa shape index (κ2) is 5.56. The van der Waals surface area contributed by atoms with Crippen molar-refractivity contribution in [3.05, 3.63) is 34.6 Å². The fourth-order valence-electron chi connectivity index (χ4n) is 1.44. The number of halogens is 1. The first-order valence-electron chi connectivity index (χ1n) is 5.36. The van der Waals surface area contributed by atoms with Crippen LogP contribution in [0.25, 0.3) is 0 Å². The Balaban J connectivity index is 2.73. The predicted molar refractivity (Wildman–Crippen MR) is 62.3 cm³/mol. The lowest BCUT2D eigenvalue weighted by Crippen LogP contribution is -1.93. The third kappa shape index (κ3) is 3.40. The zero-order chi connectivity index (χ0) is 11.3. The van der Waals surface area contributed by atoms with Gasteiger partial charge in [-0.25, -0.2) is 4.39 Å². The Bertz CT molecular complexity index is 394. The minimum absolute atomic E-state index is 0.101. The molecule has 1 rings (SSSR count). The van der Waals surface area contributed by atoms with E-state index in [4.69, 9.17) is 0 Å². The van der Waals surface area contributed by atoms with E-state index in [1.807, 2.05) is 26.8 Å². The van der Waals surface area contributed by atoms with Crippen molar-refractivity contribution in [2.75, 3.05) is 0 Å². The second-order valence-corrected chi connectivity index (χ2v) is 3.73. The Kier molecular flexibility index (Phi) is 4.37. The Labute approximate surface area is 91.5 Å². The van der Waals surface area contributed by atoms with Gasteiger partial charge in [0.15, 0.2) is 0 Å². The van der Waals surface area contributed by atoms with Crippen LogP contribution in [0.2, 0.25) is 0 Å².